The van der Waals surface area contributed by atoms with Gasteiger partial charge in [-0.05, 0) is 23.3 Å². The van der Waals surface area contributed by atoms with Crippen molar-refractivity contribution in [2.75, 3.05) is 25.8 Å². The number of hydrogen-bond donors (Lipinski definition) is 2. The maximum absolute atomic E-state index is 14.0. The highest BCUT2D eigenvalue weighted by atomic mass is 32.1. The molecule has 1 saturated heterocycles. The molecule has 12 nitrogen and oxygen atoms in total. The molecule has 1 unspecified atom stereocenters. The lowest BCUT2D eigenvalue weighted by Gasteiger charge is -2.33. The van der Waals surface area contributed by atoms with Crippen LogP contribution in [0.5, 0.6) is 5.75 Å². The third-order valence-corrected chi connectivity index (χ3v) is 7.33. The van der Waals surface area contributed by atoms with Crippen LogP contribution in [0.3, 0.4) is 0 Å². The van der Waals surface area contributed by atoms with E-state index in [-0.39, 0.29) is 48.6 Å². The first-order valence-corrected chi connectivity index (χ1v) is 13.0. The van der Waals surface area contributed by atoms with Crippen molar-refractivity contribution in [2.45, 2.75) is 18.9 Å². The number of quaternary nitrogens is 1. The zero-order valence-corrected chi connectivity index (χ0v) is 22.1. The van der Waals surface area contributed by atoms with Crippen LogP contribution in [0.25, 0.3) is 0 Å². The fraction of sp³-hybridized carbons (Fsp3) is 0.222. The third-order valence-electron chi connectivity index (χ3n) is 6.58. The minimum absolute atomic E-state index is 0.0351. The van der Waals surface area contributed by atoms with E-state index in [1.165, 1.54) is 12.5 Å². The van der Waals surface area contributed by atoms with E-state index in [1.807, 2.05) is 30.3 Å². The fourth-order valence-electron chi connectivity index (χ4n) is 4.72. The number of anilines is 1. The second-order valence-electron chi connectivity index (χ2n) is 8.96. The van der Waals surface area contributed by atoms with Gasteiger partial charge in [0.05, 0.1) is 18.8 Å². The molecule has 2 aliphatic rings. The highest BCUT2D eigenvalue weighted by Crippen LogP contribution is 2.37. The van der Waals surface area contributed by atoms with E-state index in [1.54, 1.807) is 24.3 Å². The summed E-state index contributed by atoms with van der Waals surface area (Å²) in [4.78, 5) is 56.4. The number of carboxylic acids is 1. The number of benzene rings is 2. The maximum Gasteiger partial charge on any atom is 0.433 e. The van der Waals surface area contributed by atoms with Crippen LogP contribution in [0.15, 0.2) is 71.6 Å². The van der Waals surface area contributed by atoms with Crippen LogP contribution in [0, 0.1) is 0 Å². The molecule has 3 aromatic rings. The summed E-state index contributed by atoms with van der Waals surface area (Å²) in [5.74, 6) is -2.20. The number of imide groups is 1. The molecule has 0 spiro atoms. The first-order chi connectivity index (χ1) is 19.3. The number of carboxylic acid groups (broad SMARTS) is 1. The number of allylic oxidation sites excluding steroid dienone is 1. The zero-order chi connectivity index (χ0) is 28.3. The Labute approximate surface area is 232 Å². The standard InChI is InChI=1S/C27H24N4O8S/c1-37-18-9-5-8-17(10-18)11-20(23(33)30-26-29-19(14-40-26)25(34)35)31(22(32)13-28-27(31)36)24-21(38-15-39-24)12-16-6-3-2-4-7-16/h2-10,14,20H,11-13,15H2,1H3,(H2-,28,29,30,33,34,35,36)/t20-,31?/m0/s1. The number of aromatic carboxylic acids is 1. The van der Waals surface area contributed by atoms with Gasteiger partial charge in [0.25, 0.3) is 5.91 Å². The summed E-state index contributed by atoms with van der Waals surface area (Å²) < 4.78 is 15.8. The monoisotopic (exact) mass is 564 g/mol. The SMILES string of the molecule is COc1cccc(C[C@@H](C(=O)Nc2nc(C(=O)[O-])cs2)[N+]2(C3=C(Cc4ccccc4)OCO3)C(=O)CNC2=O)c1. The molecule has 0 aliphatic carbocycles. The second kappa shape index (κ2) is 11.2. The highest BCUT2D eigenvalue weighted by molar-refractivity contribution is 7.14. The van der Waals surface area contributed by atoms with Crippen molar-refractivity contribution < 1.29 is 43.0 Å². The van der Waals surface area contributed by atoms with Crippen LogP contribution in [0.2, 0.25) is 0 Å². The molecule has 2 aliphatic heterocycles. The number of urea groups is 1. The van der Waals surface area contributed by atoms with E-state index in [0.29, 0.717) is 11.3 Å². The molecule has 40 heavy (non-hydrogen) atoms. The topological polar surface area (TPSA) is 156 Å². The first-order valence-electron chi connectivity index (χ1n) is 12.2. The second-order valence-corrected chi connectivity index (χ2v) is 9.82. The summed E-state index contributed by atoms with van der Waals surface area (Å²) >= 11 is 0.869. The van der Waals surface area contributed by atoms with E-state index in [9.17, 15) is 24.3 Å². The predicted octanol–water partition coefficient (Wildman–Crippen LogP) is 1.55. The van der Waals surface area contributed by atoms with Crippen molar-refractivity contribution in [3.63, 3.8) is 0 Å². The quantitative estimate of drug-likeness (QED) is 0.276. The van der Waals surface area contributed by atoms with Crippen molar-refractivity contribution in [3.8, 4) is 5.75 Å². The number of aromatic nitrogens is 1. The van der Waals surface area contributed by atoms with Gasteiger partial charge in [0.15, 0.2) is 11.2 Å². The Bertz CT molecular complexity index is 1490. The van der Waals surface area contributed by atoms with Gasteiger partial charge in [-0.25, -0.2) is 14.6 Å². The van der Waals surface area contributed by atoms with Crippen molar-refractivity contribution in [1.82, 2.24) is 10.3 Å². The Morgan fingerprint density at radius 3 is 2.60 bits per heavy atom. The molecule has 13 heteroatoms. The van der Waals surface area contributed by atoms with Gasteiger partial charge < -0.3 is 24.1 Å². The van der Waals surface area contributed by atoms with E-state index in [2.05, 4.69) is 15.6 Å². The molecule has 5 rings (SSSR count). The average Bonchev–Trinajstić information content (AvgIpc) is 3.68. The minimum atomic E-state index is -1.51. The molecule has 4 amide bonds. The predicted molar refractivity (Wildman–Crippen MR) is 138 cm³/mol. The van der Waals surface area contributed by atoms with Gasteiger partial charge in [-0.3, -0.25) is 15.4 Å². The number of methoxy groups -OCH3 is 1. The molecule has 0 saturated carbocycles. The van der Waals surface area contributed by atoms with E-state index in [0.717, 1.165) is 16.9 Å². The lowest BCUT2D eigenvalue weighted by Crippen LogP contribution is -2.64. The van der Waals surface area contributed by atoms with Crippen LogP contribution >= 0.6 is 11.3 Å². The largest absolute Gasteiger partial charge is 0.543 e. The lowest BCUT2D eigenvalue weighted by molar-refractivity contribution is -0.763. The number of ether oxygens (including phenoxy) is 3. The van der Waals surface area contributed by atoms with Crippen molar-refractivity contribution >= 4 is 40.3 Å². The summed E-state index contributed by atoms with van der Waals surface area (Å²) in [5.41, 5.74) is 1.09. The molecule has 206 valence electrons. The van der Waals surface area contributed by atoms with Gasteiger partial charge in [-0.1, -0.05) is 46.9 Å². The molecule has 2 N–H and O–H groups in total. The maximum atomic E-state index is 14.0. The molecule has 2 aromatic carbocycles. The number of carbonyl (C=O) groups excluding carboxylic acids is 4. The van der Waals surface area contributed by atoms with E-state index < -0.39 is 34.3 Å². The van der Waals surface area contributed by atoms with E-state index >= 15 is 0 Å². The number of nitrogens with one attached hydrogen (secondary N) is 2. The Morgan fingerprint density at radius 1 is 1.15 bits per heavy atom. The lowest BCUT2D eigenvalue weighted by atomic mass is 10.0. The molecule has 0 bridgehead atoms. The van der Waals surface area contributed by atoms with E-state index in [4.69, 9.17) is 14.2 Å². The van der Waals surface area contributed by atoms with Crippen LogP contribution in [0.4, 0.5) is 9.93 Å². The van der Waals surface area contributed by atoms with Gasteiger partial charge in [0.1, 0.15) is 12.3 Å². The summed E-state index contributed by atoms with van der Waals surface area (Å²) in [5, 5.41) is 17.5. The summed E-state index contributed by atoms with van der Waals surface area (Å²) in [6.07, 6.45) is 0.123. The van der Waals surface area contributed by atoms with Crippen molar-refractivity contribution in [2.24, 2.45) is 0 Å². The smallest absolute Gasteiger partial charge is 0.433 e. The minimum Gasteiger partial charge on any atom is -0.543 e. The van der Waals surface area contributed by atoms with Crippen LogP contribution in [-0.2, 0) is 31.9 Å². The van der Waals surface area contributed by atoms with Crippen molar-refractivity contribution in [1.29, 1.82) is 0 Å². The molecule has 3 heterocycles. The molecule has 0 radical (unpaired) electrons. The van der Waals surface area contributed by atoms with Gasteiger partial charge >= 0.3 is 17.8 Å². The Balaban J connectivity index is 1.62. The fourth-order valence-corrected chi connectivity index (χ4v) is 5.41. The number of nitrogens with zero attached hydrogens (tertiary/aromatic N) is 2. The molecular weight excluding hydrogens is 540 g/mol. The Kier molecular flexibility index (Phi) is 7.49. The molecule has 2 atom stereocenters. The molecule has 1 fully saturated rings. The van der Waals surface area contributed by atoms with Gasteiger partial charge in [0.2, 0.25) is 12.6 Å². The van der Waals surface area contributed by atoms with Gasteiger partial charge in [-0.2, -0.15) is 0 Å². The normalized spacial score (nSPS) is 19.0. The van der Waals surface area contributed by atoms with Gasteiger partial charge in [0, 0.05) is 18.2 Å². The summed E-state index contributed by atoms with van der Waals surface area (Å²) in [6, 6.07) is 14.0. The Hall–Kier alpha value is -4.75. The summed E-state index contributed by atoms with van der Waals surface area (Å²) in [7, 11) is 1.50. The third kappa shape index (κ3) is 4.99. The van der Waals surface area contributed by atoms with Gasteiger partial charge in [-0.15, -0.1) is 11.3 Å². The number of hydrogen-bond acceptors (Lipinski definition) is 10. The average molecular weight is 565 g/mol. The zero-order valence-electron chi connectivity index (χ0n) is 21.2. The number of thiazole rings is 1. The number of amides is 4. The molecular formula is C27H24N4O8S. The van der Waals surface area contributed by atoms with Crippen LogP contribution < -0.4 is 20.5 Å². The summed E-state index contributed by atoms with van der Waals surface area (Å²) in [6.45, 7) is -0.578. The number of carbonyl (C=O) groups is 4. The van der Waals surface area contributed by atoms with Crippen LogP contribution in [-0.4, -0.2) is 59.8 Å². The highest BCUT2D eigenvalue weighted by Gasteiger charge is 2.64. The molecule has 1 aromatic heterocycles. The number of rotatable bonds is 10. The first kappa shape index (κ1) is 26.8. The Morgan fingerprint density at radius 2 is 1.93 bits per heavy atom. The van der Waals surface area contributed by atoms with Crippen LogP contribution in [0.1, 0.15) is 21.6 Å². The van der Waals surface area contributed by atoms with Crippen molar-refractivity contribution in [3.05, 3.63) is 88.4 Å².